The zero-order valence-corrected chi connectivity index (χ0v) is 10.5. The van der Waals surface area contributed by atoms with Crippen LogP contribution in [0.3, 0.4) is 0 Å². The molecule has 1 N–H and O–H groups in total. The molecule has 0 saturated heterocycles. The highest BCUT2D eigenvalue weighted by atomic mass is 79.9. The van der Waals surface area contributed by atoms with E-state index in [2.05, 4.69) is 36.8 Å². The minimum atomic E-state index is -0.373. The van der Waals surface area contributed by atoms with Crippen LogP contribution >= 0.6 is 31.9 Å². The van der Waals surface area contributed by atoms with Crippen LogP contribution in [0.15, 0.2) is 12.5 Å². The van der Waals surface area contributed by atoms with E-state index < -0.39 is 0 Å². The van der Waals surface area contributed by atoms with Gasteiger partial charge in [0.1, 0.15) is 0 Å². The first-order valence-electron chi connectivity index (χ1n) is 4.02. The predicted octanol–water partition coefficient (Wildman–Crippen LogP) is 1.83. The van der Waals surface area contributed by atoms with Gasteiger partial charge >= 0.3 is 0 Å². The first-order valence-corrected chi connectivity index (χ1v) is 5.86. The zero-order chi connectivity index (χ0) is 9.84. The molecule has 0 radical (unpaired) electrons. The van der Waals surface area contributed by atoms with E-state index in [9.17, 15) is 5.11 Å². The fraction of sp³-hybridized carbons (Fsp3) is 0.625. The molecule has 1 heterocycles. The maximum Gasteiger partial charge on any atom is 0.0956 e. The summed E-state index contributed by atoms with van der Waals surface area (Å²) in [5.41, 5.74) is 1.02. The molecule has 1 unspecified atom stereocenters. The fourth-order valence-electron chi connectivity index (χ4n) is 1.02. The van der Waals surface area contributed by atoms with Gasteiger partial charge in [0.05, 0.1) is 21.9 Å². The molecule has 0 spiro atoms. The molecule has 74 valence electrons. The van der Waals surface area contributed by atoms with Crippen LogP contribution in [-0.2, 0) is 13.5 Å². The van der Waals surface area contributed by atoms with Crippen molar-refractivity contribution in [1.29, 1.82) is 0 Å². The maximum atomic E-state index is 9.47. The van der Waals surface area contributed by atoms with Crippen molar-refractivity contribution in [2.75, 3.05) is 0 Å². The van der Waals surface area contributed by atoms with E-state index >= 15 is 0 Å². The summed E-state index contributed by atoms with van der Waals surface area (Å²) in [4.78, 5) is 4.17. The number of aliphatic hydroxyl groups excluding tert-OH is 1. The fourth-order valence-corrected chi connectivity index (χ4v) is 1.55. The van der Waals surface area contributed by atoms with Crippen LogP contribution in [0.25, 0.3) is 0 Å². The summed E-state index contributed by atoms with van der Waals surface area (Å²) in [6, 6.07) is 0. The van der Waals surface area contributed by atoms with E-state index in [1.54, 1.807) is 6.33 Å². The summed E-state index contributed by atoms with van der Waals surface area (Å²) in [6.07, 6.45) is 4.86. The van der Waals surface area contributed by atoms with E-state index in [-0.39, 0.29) is 9.84 Å². The Kier molecular flexibility index (Phi) is 4.41. The molecule has 0 fully saturated rings. The van der Waals surface area contributed by atoms with Crippen molar-refractivity contribution in [3.63, 3.8) is 0 Å². The second kappa shape index (κ2) is 5.12. The molecule has 0 bridgehead atoms. The molecule has 1 rings (SSSR count). The molecule has 0 amide bonds. The van der Waals surface area contributed by atoms with Crippen LogP contribution in [0, 0.1) is 0 Å². The molecule has 13 heavy (non-hydrogen) atoms. The summed E-state index contributed by atoms with van der Waals surface area (Å²) in [6.45, 7) is 0. The molecular weight excluding hydrogens is 300 g/mol. The third-order valence-corrected chi connectivity index (χ3v) is 2.97. The van der Waals surface area contributed by atoms with Gasteiger partial charge in [-0.15, -0.1) is 0 Å². The highest BCUT2D eigenvalue weighted by Crippen LogP contribution is 2.17. The first kappa shape index (κ1) is 11.2. The predicted molar refractivity (Wildman–Crippen MR) is 59.2 cm³/mol. The van der Waals surface area contributed by atoms with Crippen molar-refractivity contribution >= 4 is 31.9 Å². The quantitative estimate of drug-likeness (QED) is 0.862. The lowest BCUT2D eigenvalue weighted by atomic mass is 10.2. The van der Waals surface area contributed by atoms with Gasteiger partial charge in [0, 0.05) is 13.2 Å². The average Bonchev–Trinajstić information content (AvgIpc) is 2.47. The van der Waals surface area contributed by atoms with E-state index in [0.29, 0.717) is 6.42 Å². The normalized spacial score (nSPS) is 13.6. The number of hydrogen-bond acceptors (Lipinski definition) is 2. The number of aryl methyl sites for hydroxylation is 2. The number of aliphatic hydroxyl groups is 1. The van der Waals surface area contributed by atoms with Crippen LogP contribution in [0.4, 0.5) is 0 Å². The molecule has 0 aromatic carbocycles. The van der Waals surface area contributed by atoms with Crippen LogP contribution in [0.1, 0.15) is 12.1 Å². The Morgan fingerprint density at radius 3 is 2.77 bits per heavy atom. The van der Waals surface area contributed by atoms with Crippen molar-refractivity contribution in [3.8, 4) is 0 Å². The summed E-state index contributed by atoms with van der Waals surface area (Å²) in [7, 11) is 1.94. The molecule has 3 nitrogen and oxygen atoms in total. The van der Waals surface area contributed by atoms with Gasteiger partial charge in [-0.2, -0.15) is 0 Å². The molecule has 5 heteroatoms. The van der Waals surface area contributed by atoms with Crippen molar-refractivity contribution in [3.05, 3.63) is 18.2 Å². The van der Waals surface area contributed by atoms with Crippen LogP contribution in [0.2, 0.25) is 0 Å². The molecular formula is C8H12Br2N2O. The Morgan fingerprint density at radius 1 is 1.62 bits per heavy atom. The number of nitrogens with zero attached hydrogens (tertiary/aromatic N) is 2. The van der Waals surface area contributed by atoms with Crippen molar-refractivity contribution < 1.29 is 5.11 Å². The molecule has 1 aromatic heterocycles. The summed E-state index contributed by atoms with van der Waals surface area (Å²) in [5.74, 6) is 0. The minimum Gasteiger partial charge on any atom is -0.391 e. The van der Waals surface area contributed by atoms with E-state index in [4.69, 9.17) is 0 Å². The Morgan fingerprint density at radius 2 is 2.31 bits per heavy atom. The Bertz CT molecular complexity index is 262. The summed E-state index contributed by atoms with van der Waals surface area (Å²) >= 11 is 6.52. The van der Waals surface area contributed by atoms with Gasteiger partial charge in [-0.1, -0.05) is 31.9 Å². The molecule has 0 aliphatic heterocycles. The van der Waals surface area contributed by atoms with Gasteiger partial charge in [-0.3, -0.25) is 0 Å². The SMILES string of the molecule is Cn1cnc(CCC(O)C(Br)Br)c1. The number of alkyl halides is 2. The molecule has 0 aliphatic carbocycles. The topological polar surface area (TPSA) is 38.0 Å². The third-order valence-electron chi connectivity index (χ3n) is 1.75. The highest BCUT2D eigenvalue weighted by Gasteiger charge is 2.12. The number of imidazole rings is 1. The van der Waals surface area contributed by atoms with Gasteiger partial charge in [0.25, 0.3) is 0 Å². The smallest absolute Gasteiger partial charge is 0.0956 e. The van der Waals surface area contributed by atoms with E-state index in [1.165, 1.54) is 0 Å². The van der Waals surface area contributed by atoms with Crippen molar-refractivity contribution in [2.24, 2.45) is 7.05 Å². The largest absolute Gasteiger partial charge is 0.391 e. The average molecular weight is 312 g/mol. The molecule has 0 aliphatic rings. The van der Waals surface area contributed by atoms with Gasteiger partial charge in [0.2, 0.25) is 0 Å². The van der Waals surface area contributed by atoms with Crippen molar-refractivity contribution in [2.45, 2.75) is 22.7 Å². The number of rotatable bonds is 4. The first-order chi connectivity index (χ1) is 6.09. The van der Waals surface area contributed by atoms with Gasteiger partial charge in [-0.05, 0) is 12.8 Å². The Labute approximate surface area is 94.4 Å². The van der Waals surface area contributed by atoms with E-state index in [0.717, 1.165) is 12.1 Å². The van der Waals surface area contributed by atoms with Crippen LogP contribution in [-0.4, -0.2) is 24.5 Å². The number of halogens is 2. The van der Waals surface area contributed by atoms with Crippen LogP contribution in [0.5, 0.6) is 0 Å². The summed E-state index contributed by atoms with van der Waals surface area (Å²) in [5, 5.41) is 9.47. The molecule has 0 saturated carbocycles. The molecule has 1 atom stereocenters. The minimum absolute atomic E-state index is 0.0382. The Balaban J connectivity index is 2.35. The number of aromatic nitrogens is 2. The van der Waals surface area contributed by atoms with E-state index in [1.807, 2.05) is 17.8 Å². The maximum absolute atomic E-state index is 9.47. The third kappa shape index (κ3) is 3.79. The van der Waals surface area contributed by atoms with Gasteiger partial charge in [-0.25, -0.2) is 4.98 Å². The lowest BCUT2D eigenvalue weighted by Gasteiger charge is -2.09. The molecule has 1 aromatic rings. The Hall–Kier alpha value is 0.130. The van der Waals surface area contributed by atoms with Gasteiger partial charge < -0.3 is 9.67 Å². The summed E-state index contributed by atoms with van der Waals surface area (Å²) < 4.78 is 1.87. The second-order valence-corrected chi connectivity index (χ2v) is 6.17. The standard InChI is InChI=1S/C8H12Br2N2O/c1-12-4-6(11-5-12)2-3-7(13)8(9)10/h4-5,7-8,13H,2-3H2,1H3. The lowest BCUT2D eigenvalue weighted by Crippen LogP contribution is -2.15. The second-order valence-electron chi connectivity index (χ2n) is 2.97. The zero-order valence-electron chi connectivity index (χ0n) is 7.32. The number of hydrogen-bond donors (Lipinski definition) is 1. The lowest BCUT2D eigenvalue weighted by molar-refractivity contribution is 0.184. The highest BCUT2D eigenvalue weighted by molar-refractivity contribution is 9.24. The van der Waals surface area contributed by atoms with Gasteiger partial charge in [0.15, 0.2) is 0 Å². The monoisotopic (exact) mass is 310 g/mol. The van der Waals surface area contributed by atoms with Crippen molar-refractivity contribution in [1.82, 2.24) is 9.55 Å². The van der Waals surface area contributed by atoms with Crippen LogP contribution < -0.4 is 0 Å².